The van der Waals surface area contributed by atoms with Gasteiger partial charge in [0, 0.05) is 24.2 Å². The van der Waals surface area contributed by atoms with Gasteiger partial charge >= 0.3 is 6.18 Å². The molecule has 2 amide bonds. The van der Waals surface area contributed by atoms with E-state index in [1.165, 1.54) is 26.2 Å². The quantitative estimate of drug-likeness (QED) is 0.322. The SMILES string of the molecule is [2H]C([2H])([2H])Oc1ncc(-c2ccc3c(C(=O)NC)n[nH]c3c2)cc1C(=O)NC(C)c1cc(F)ccc1C(F)(F)F. The molecule has 0 saturated carbocycles. The first-order valence-electron chi connectivity index (χ1n) is 12.2. The normalized spacial score (nSPS) is 13.8. The highest BCUT2D eigenvalue weighted by Crippen LogP contribution is 2.35. The summed E-state index contributed by atoms with van der Waals surface area (Å²) in [7, 11) is -1.54. The molecule has 0 aliphatic heterocycles. The van der Waals surface area contributed by atoms with Gasteiger partial charge in [-0.2, -0.15) is 18.3 Å². The van der Waals surface area contributed by atoms with Crippen LogP contribution in [0.1, 0.15) is 49.1 Å². The van der Waals surface area contributed by atoms with Gasteiger partial charge in [0.25, 0.3) is 11.8 Å². The summed E-state index contributed by atoms with van der Waals surface area (Å²) in [6, 6.07) is 6.63. The van der Waals surface area contributed by atoms with Crippen molar-refractivity contribution in [1.29, 1.82) is 0 Å². The number of H-pyrrole nitrogens is 1. The molecule has 4 aromatic rings. The fraction of sp³-hybridized carbons (Fsp3) is 0.200. The van der Waals surface area contributed by atoms with Crippen molar-refractivity contribution in [2.75, 3.05) is 14.1 Å². The average Bonchev–Trinajstić information content (AvgIpc) is 3.30. The van der Waals surface area contributed by atoms with Crippen LogP contribution in [0.25, 0.3) is 22.0 Å². The highest BCUT2D eigenvalue weighted by Gasteiger charge is 2.35. The number of amides is 2. The third-order valence-corrected chi connectivity index (χ3v) is 5.66. The molecule has 1 atom stereocenters. The van der Waals surface area contributed by atoms with E-state index in [9.17, 15) is 27.2 Å². The van der Waals surface area contributed by atoms with Gasteiger partial charge in [0.1, 0.15) is 11.4 Å². The van der Waals surface area contributed by atoms with Gasteiger partial charge in [-0.05, 0) is 54.4 Å². The lowest BCUT2D eigenvalue weighted by Gasteiger charge is -2.20. The molecule has 37 heavy (non-hydrogen) atoms. The minimum absolute atomic E-state index is 0.160. The minimum Gasteiger partial charge on any atom is -0.480 e. The molecule has 0 fully saturated rings. The number of aromatic amines is 1. The van der Waals surface area contributed by atoms with E-state index >= 15 is 0 Å². The Kier molecular flexibility index (Phi) is 5.81. The number of methoxy groups -OCH3 is 1. The molecule has 4 rings (SSSR count). The molecular weight excluding hydrogens is 494 g/mol. The number of hydrogen-bond acceptors (Lipinski definition) is 5. The van der Waals surface area contributed by atoms with Crippen molar-refractivity contribution in [3.05, 3.63) is 76.9 Å². The zero-order valence-corrected chi connectivity index (χ0v) is 19.3. The van der Waals surface area contributed by atoms with E-state index in [0.717, 1.165) is 0 Å². The number of carbonyl (C=O) groups excluding carboxylic acids is 2. The van der Waals surface area contributed by atoms with Gasteiger partial charge in [-0.15, -0.1) is 0 Å². The number of halogens is 4. The minimum atomic E-state index is -4.82. The van der Waals surface area contributed by atoms with Crippen LogP contribution in [0, 0.1) is 5.82 Å². The number of rotatable bonds is 6. The van der Waals surface area contributed by atoms with Crippen LogP contribution in [0.4, 0.5) is 17.6 Å². The van der Waals surface area contributed by atoms with Gasteiger partial charge in [-0.1, -0.05) is 6.07 Å². The van der Waals surface area contributed by atoms with Crippen LogP contribution < -0.4 is 15.4 Å². The van der Waals surface area contributed by atoms with Crippen molar-refractivity contribution in [2.45, 2.75) is 19.1 Å². The predicted molar refractivity (Wildman–Crippen MR) is 127 cm³/mol. The summed E-state index contributed by atoms with van der Waals surface area (Å²) in [5.41, 5.74) is -0.621. The van der Waals surface area contributed by atoms with Crippen LogP contribution in [0.5, 0.6) is 5.88 Å². The molecule has 0 radical (unpaired) electrons. The Bertz CT molecular complexity index is 1610. The standard InChI is InChI=1S/C25H21F4N5O3/c1-12(17-10-15(26)5-7-19(17)25(27,28)29)32-22(35)18-8-14(11-31-24(18)37-3)13-4-6-16-20(9-13)33-34-21(16)23(36)30-2/h4-12H,1-3H3,(H,30,36)(H,32,35)(H,33,34)/i3D3. The van der Waals surface area contributed by atoms with Gasteiger partial charge in [-0.25, -0.2) is 9.37 Å². The van der Waals surface area contributed by atoms with Crippen molar-refractivity contribution >= 4 is 22.7 Å². The van der Waals surface area contributed by atoms with E-state index in [2.05, 4.69) is 25.8 Å². The highest BCUT2D eigenvalue weighted by molar-refractivity contribution is 6.05. The van der Waals surface area contributed by atoms with Crippen LogP contribution in [0.2, 0.25) is 0 Å². The van der Waals surface area contributed by atoms with Crippen LogP contribution in [-0.2, 0) is 6.18 Å². The molecule has 0 saturated heterocycles. The molecule has 8 nitrogen and oxygen atoms in total. The topological polar surface area (TPSA) is 109 Å². The van der Waals surface area contributed by atoms with Crippen LogP contribution in [0.15, 0.2) is 48.7 Å². The summed E-state index contributed by atoms with van der Waals surface area (Å²) in [6.07, 6.45) is -3.57. The molecule has 0 aliphatic carbocycles. The second-order valence-corrected chi connectivity index (χ2v) is 8.01. The van der Waals surface area contributed by atoms with Crippen molar-refractivity contribution in [3.63, 3.8) is 0 Å². The fourth-order valence-electron chi connectivity index (χ4n) is 3.85. The van der Waals surface area contributed by atoms with E-state index in [1.807, 2.05) is 0 Å². The number of nitrogens with zero attached hydrogens (tertiary/aromatic N) is 2. The van der Waals surface area contributed by atoms with Gasteiger partial charge in [0.05, 0.1) is 28.3 Å². The largest absolute Gasteiger partial charge is 0.480 e. The number of carbonyl (C=O) groups is 2. The lowest BCUT2D eigenvalue weighted by Crippen LogP contribution is -2.29. The Morgan fingerprint density at radius 1 is 1.11 bits per heavy atom. The number of alkyl halides is 3. The Hall–Kier alpha value is -4.48. The average molecular weight is 518 g/mol. The molecular formula is C25H21F4N5O3. The summed E-state index contributed by atoms with van der Waals surface area (Å²) in [5.74, 6) is -2.95. The van der Waals surface area contributed by atoms with Gasteiger partial charge in [0.15, 0.2) is 5.69 Å². The number of hydrogen-bond donors (Lipinski definition) is 3. The molecule has 0 aliphatic rings. The lowest BCUT2D eigenvalue weighted by molar-refractivity contribution is -0.138. The van der Waals surface area contributed by atoms with Crippen LogP contribution in [0.3, 0.4) is 0 Å². The van der Waals surface area contributed by atoms with Crippen molar-refractivity contribution < 1.29 is 36.0 Å². The number of benzene rings is 2. The Morgan fingerprint density at radius 2 is 1.89 bits per heavy atom. The second kappa shape index (κ2) is 9.88. The van der Waals surface area contributed by atoms with Gasteiger partial charge < -0.3 is 15.4 Å². The third kappa shape index (κ3) is 5.08. The monoisotopic (exact) mass is 518 g/mol. The zero-order valence-electron chi connectivity index (χ0n) is 22.3. The first-order valence-corrected chi connectivity index (χ1v) is 10.7. The molecule has 12 heteroatoms. The van der Waals surface area contributed by atoms with Crippen LogP contribution in [-0.4, -0.2) is 41.1 Å². The third-order valence-electron chi connectivity index (χ3n) is 5.66. The summed E-state index contributed by atoms with van der Waals surface area (Å²) < 4.78 is 81.4. The first-order chi connectivity index (χ1) is 18.7. The Balaban J connectivity index is 1.73. The number of aromatic nitrogens is 3. The molecule has 2 aromatic carbocycles. The van der Waals surface area contributed by atoms with E-state index in [0.29, 0.717) is 40.2 Å². The highest BCUT2D eigenvalue weighted by atomic mass is 19.4. The Morgan fingerprint density at radius 3 is 2.59 bits per heavy atom. The van der Waals surface area contributed by atoms with Crippen molar-refractivity contribution in [3.8, 4) is 17.0 Å². The number of fused-ring (bicyclic) bond motifs is 1. The second-order valence-electron chi connectivity index (χ2n) is 8.01. The smallest absolute Gasteiger partial charge is 0.416 e. The summed E-state index contributed by atoms with van der Waals surface area (Å²) in [6.45, 7) is 1.22. The van der Waals surface area contributed by atoms with Gasteiger partial charge in [-0.3, -0.25) is 14.7 Å². The van der Waals surface area contributed by atoms with Crippen LogP contribution >= 0.6 is 0 Å². The van der Waals surface area contributed by atoms with E-state index in [4.69, 9.17) is 8.85 Å². The van der Waals surface area contributed by atoms with Crippen molar-refractivity contribution in [2.24, 2.45) is 0 Å². The molecule has 0 bridgehead atoms. The number of nitrogens with one attached hydrogen (secondary N) is 3. The first kappa shape index (κ1) is 21.8. The van der Waals surface area contributed by atoms with E-state index in [1.54, 1.807) is 18.2 Å². The van der Waals surface area contributed by atoms with E-state index < -0.39 is 53.9 Å². The maximum Gasteiger partial charge on any atom is 0.416 e. The molecule has 1 unspecified atom stereocenters. The van der Waals surface area contributed by atoms with Crippen molar-refractivity contribution in [1.82, 2.24) is 25.8 Å². The fourth-order valence-corrected chi connectivity index (χ4v) is 3.85. The lowest BCUT2D eigenvalue weighted by atomic mass is 10.00. The zero-order chi connectivity index (χ0) is 29.4. The number of pyridine rings is 1. The summed E-state index contributed by atoms with van der Waals surface area (Å²) in [4.78, 5) is 29.2. The maximum atomic E-state index is 13.8. The predicted octanol–water partition coefficient (Wildman–Crippen LogP) is 4.64. The number of ether oxygens (including phenoxy) is 1. The molecule has 192 valence electrons. The Labute approximate surface area is 212 Å². The molecule has 0 spiro atoms. The summed E-state index contributed by atoms with van der Waals surface area (Å²) in [5, 5.41) is 12.0. The molecule has 3 N–H and O–H groups in total. The maximum absolute atomic E-state index is 13.8. The van der Waals surface area contributed by atoms with Gasteiger partial charge in [0.2, 0.25) is 5.88 Å². The summed E-state index contributed by atoms with van der Waals surface area (Å²) >= 11 is 0. The van der Waals surface area contributed by atoms with E-state index in [-0.39, 0.29) is 11.3 Å². The molecule has 2 aromatic heterocycles. The molecule has 2 heterocycles.